The fraction of sp³-hybridized carbons (Fsp3) is 0.200. The van der Waals surface area contributed by atoms with Crippen LogP contribution in [-0.4, -0.2) is 19.3 Å². The first kappa shape index (κ1) is 32.4. The van der Waals surface area contributed by atoms with Gasteiger partial charge in [0, 0.05) is 40.5 Å². The molecule has 238 valence electrons. The Labute approximate surface area is 289 Å². The smallest absolute Gasteiger partial charge is 0.509 e. The molecule has 0 N–H and O–H groups in total. The summed E-state index contributed by atoms with van der Waals surface area (Å²) < 4.78 is 24.5. The maximum atomic E-state index is 14.3. The van der Waals surface area contributed by atoms with Crippen LogP contribution in [0.25, 0.3) is 44.4 Å². The van der Waals surface area contributed by atoms with Crippen molar-refractivity contribution in [2.45, 2.75) is 52.9 Å². The van der Waals surface area contributed by atoms with Crippen LogP contribution in [0.3, 0.4) is 0 Å². The Balaban J connectivity index is 0.00000386. The van der Waals surface area contributed by atoms with Gasteiger partial charge >= 0.3 is 21.1 Å². The summed E-state index contributed by atoms with van der Waals surface area (Å²) in [5.41, 5.74) is 8.41. The first-order chi connectivity index (χ1) is 22.2. The van der Waals surface area contributed by atoms with Gasteiger partial charge in [-0.15, -0.1) is 35.7 Å². The van der Waals surface area contributed by atoms with E-state index >= 15 is 0 Å². The van der Waals surface area contributed by atoms with Crippen molar-refractivity contribution in [2.75, 3.05) is 0 Å². The Morgan fingerprint density at radius 2 is 1.57 bits per heavy atom. The van der Waals surface area contributed by atoms with E-state index in [1.165, 1.54) is 35.0 Å². The van der Waals surface area contributed by atoms with Crippen molar-refractivity contribution >= 4 is 21.8 Å². The summed E-state index contributed by atoms with van der Waals surface area (Å²) in [5, 5.41) is 7.07. The van der Waals surface area contributed by atoms with Crippen LogP contribution in [0.15, 0.2) is 97.2 Å². The SMILES string of the molecule is CCc1nn(-c2[c-]c(Oc3[c-]c4c(cc3)c3ccccc3n4-c3cc(F)ccn3)ccc2)c(CC)c1-c1ccc(C(C)(C)C)cc1.[Pt+2]. The van der Waals surface area contributed by atoms with Crippen molar-refractivity contribution in [3.05, 3.63) is 132 Å². The number of aromatic nitrogens is 4. The van der Waals surface area contributed by atoms with Gasteiger partial charge < -0.3 is 9.30 Å². The first-order valence-corrected chi connectivity index (χ1v) is 15.7. The van der Waals surface area contributed by atoms with Crippen LogP contribution in [0.5, 0.6) is 11.5 Å². The molecule has 0 aliphatic heterocycles. The number of nitrogens with zero attached hydrogens (tertiary/aromatic N) is 4. The second-order valence-corrected chi connectivity index (χ2v) is 12.5. The normalized spacial score (nSPS) is 11.6. The number of fused-ring (bicyclic) bond motifs is 3. The molecule has 4 aromatic carbocycles. The van der Waals surface area contributed by atoms with E-state index in [1.54, 1.807) is 0 Å². The summed E-state index contributed by atoms with van der Waals surface area (Å²) in [5.74, 6) is 1.20. The molecule has 0 unspecified atom stereocenters. The topological polar surface area (TPSA) is 44.9 Å². The zero-order valence-electron chi connectivity index (χ0n) is 27.0. The van der Waals surface area contributed by atoms with E-state index < -0.39 is 0 Å². The van der Waals surface area contributed by atoms with Gasteiger partial charge in [0.15, 0.2) is 0 Å². The van der Waals surface area contributed by atoms with Crippen LogP contribution in [0.1, 0.15) is 51.6 Å². The van der Waals surface area contributed by atoms with Crippen molar-refractivity contribution in [1.82, 2.24) is 19.3 Å². The number of halogens is 1. The third-order valence-corrected chi connectivity index (χ3v) is 8.46. The molecule has 0 bridgehead atoms. The molecule has 0 saturated carbocycles. The maximum absolute atomic E-state index is 14.3. The summed E-state index contributed by atoms with van der Waals surface area (Å²) in [6.07, 6.45) is 3.10. The molecule has 0 atom stereocenters. The number of pyridine rings is 1. The minimum Gasteiger partial charge on any atom is -0.509 e. The number of benzene rings is 4. The predicted molar refractivity (Wildman–Crippen MR) is 183 cm³/mol. The molecule has 0 fully saturated rings. The summed E-state index contributed by atoms with van der Waals surface area (Å²) >= 11 is 0. The van der Waals surface area contributed by atoms with Crippen LogP contribution >= 0.6 is 0 Å². The molecule has 7 heteroatoms. The Morgan fingerprint density at radius 3 is 2.30 bits per heavy atom. The quantitative estimate of drug-likeness (QED) is 0.151. The van der Waals surface area contributed by atoms with Gasteiger partial charge in [-0.05, 0) is 52.6 Å². The fourth-order valence-electron chi connectivity index (χ4n) is 6.17. The van der Waals surface area contributed by atoms with Gasteiger partial charge in [0.05, 0.1) is 5.69 Å². The monoisotopic (exact) mass is 801 g/mol. The molecule has 3 aromatic heterocycles. The molecular formula is C40H35FN4OPt. The average molecular weight is 802 g/mol. The van der Waals surface area contributed by atoms with Gasteiger partial charge in [0.2, 0.25) is 0 Å². The van der Waals surface area contributed by atoms with E-state index in [1.807, 2.05) is 63.8 Å². The molecule has 0 saturated heterocycles. The van der Waals surface area contributed by atoms with Gasteiger partial charge in [-0.2, -0.15) is 17.2 Å². The zero-order valence-corrected chi connectivity index (χ0v) is 29.3. The number of aryl methyl sites for hydroxylation is 1. The van der Waals surface area contributed by atoms with Crippen LogP contribution in [0, 0.1) is 17.9 Å². The van der Waals surface area contributed by atoms with Crippen LogP contribution in [0.2, 0.25) is 0 Å². The van der Waals surface area contributed by atoms with Crippen molar-refractivity contribution in [2.24, 2.45) is 0 Å². The summed E-state index contributed by atoms with van der Waals surface area (Å²) in [4.78, 5) is 4.46. The van der Waals surface area contributed by atoms with Gasteiger partial charge in [0.25, 0.3) is 0 Å². The molecular weight excluding hydrogens is 767 g/mol. The van der Waals surface area contributed by atoms with Gasteiger partial charge in [-0.1, -0.05) is 82.6 Å². The summed E-state index contributed by atoms with van der Waals surface area (Å²) in [7, 11) is 0. The molecule has 5 nitrogen and oxygen atoms in total. The third-order valence-electron chi connectivity index (χ3n) is 8.46. The largest absolute Gasteiger partial charge is 2.00 e. The predicted octanol–water partition coefficient (Wildman–Crippen LogP) is 9.98. The molecule has 0 radical (unpaired) electrons. The Bertz CT molecular complexity index is 2210. The molecule has 0 aliphatic carbocycles. The average Bonchev–Trinajstić information content (AvgIpc) is 3.60. The Kier molecular flexibility index (Phi) is 8.91. The summed E-state index contributed by atoms with van der Waals surface area (Å²) in [6, 6.07) is 36.3. The number of ether oxygens (including phenoxy) is 1. The second-order valence-electron chi connectivity index (χ2n) is 12.5. The number of para-hydroxylation sites is 1. The molecule has 7 aromatic rings. The van der Waals surface area contributed by atoms with Gasteiger partial charge in [-0.25, -0.2) is 9.37 Å². The van der Waals surface area contributed by atoms with E-state index in [9.17, 15) is 4.39 Å². The van der Waals surface area contributed by atoms with E-state index in [4.69, 9.17) is 9.84 Å². The number of hydrogen-bond donors (Lipinski definition) is 0. The van der Waals surface area contributed by atoms with Crippen molar-refractivity contribution < 1.29 is 30.2 Å². The molecule has 0 spiro atoms. The minimum atomic E-state index is -0.351. The minimum absolute atomic E-state index is 0. The molecule has 3 heterocycles. The van der Waals surface area contributed by atoms with Crippen molar-refractivity contribution in [3.63, 3.8) is 0 Å². The van der Waals surface area contributed by atoms with Crippen LogP contribution in [0.4, 0.5) is 4.39 Å². The van der Waals surface area contributed by atoms with E-state index in [0.29, 0.717) is 17.3 Å². The number of rotatable bonds is 7. The van der Waals surface area contributed by atoms with Gasteiger partial charge in [0.1, 0.15) is 11.6 Å². The van der Waals surface area contributed by atoms with E-state index in [0.717, 1.165) is 51.7 Å². The zero-order chi connectivity index (χ0) is 32.0. The van der Waals surface area contributed by atoms with Crippen LogP contribution < -0.4 is 4.74 Å². The summed E-state index contributed by atoms with van der Waals surface area (Å²) in [6.45, 7) is 11.0. The van der Waals surface area contributed by atoms with Crippen molar-refractivity contribution in [1.29, 1.82) is 0 Å². The van der Waals surface area contributed by atoms with Crippen molar-refractivity contribution in [3.8, 4) is 34.1 Å². The third kappa shape index (κ3) is 6.03. The molecule has 0 aliphatic rings. The van der Waals surface area contributed by atoms with Gasteiger partial charge in [-0.3, -0.25) is 4.68 Å². The Hall–Kier alpha value is -4.54. The molecule has 47 heavy (non-hydrogen) atoms. The molecule has 0 amide bonds. The van der Waals surface area contributed by atoms with Crippen LogP contribution in [-0.2, 0) is 39.3 Å². The maximum Gasteiger partial charge on any atom is 2.00 e. The van der Waals surface area contributed by atoms with E-state index in [2.05, 4.69) is 76.0 Å². The van der Waals surface area contributed by atoms with E-state index in [-0.39, 0.29) is 32.3 Å². The second kappa shape index (κ2) is 12.9. The standard InChI is InChI=1S/C40H35FN4O.Pt/c1-6-34-39(26-15-17-27(18-16-26)40(3,4)5)35(7-2)45(43-34)29-11-10-12-30(24-29)46-31-19-20-33-32-13-8-9-14-36(32)44(37(33)25-31)38-23-28(41)21-22-42-38;/h8-23H,6-7H2,1-5H3;/q-2;+2. The Morgan fingerprint density at radius 1 is 0.809 bits per heavy atom. The fourth-order valence-corrected chi connectivity index (χ4v) is 6.17. The first-order valence-electron chi connectivity index (χ1n) is 15.7. The molecule has 7 rings (SSSR count). The number of hydrogen-bond acceptors (Lipinski definition) is 3.